The summed E-state index contributed by atoms with van der Waals surface area (Å²) in [7, 11) is 5.79. The molecule has 5 heterocycles. The van der Waals surface area contributed by atoms with Crippen LogP contribution in [0.15, 0.2) is 66.3 Å². The van der Waals surface area contributed by atoms with Gasteiger partial charge in [-0.3, -0.25) is 43.8 Å². The molecule has 2 aromatic rings. The number of anilines is 3. The number of methoxy groups -OCH3 is 2. The molecule has 7 rings (SSSR count). The monoisotopic (exact) mass is 1300 g/mol. The number of epoxide rings is 1. The highest BCUT2D eigenvalue weighted by Gasteiger charge is 2.64. The third-order valence-electron chi connectivity index (χ3n) is 17.4. The van der Waals surface area contributed by atoms with E-state index >= 15 is 0 Å². The molecule has 3 fully saturated rings. The molecule has 2 aromatic carbocycles. The van der Waals surface area contributed by atoms with Crippen molar-refractivity contribution in [3.8, 4) is 5.75 Å². The number of rotatable bonds is 23. The second-order valence-corrected chi connectivity index (χ2v) is 24.8. The first-order chi connectivity index (χ1) is 43.6. The van der Waals surface area contributed by atoms with E-state index in [-0.39, 0.29) is 66.9 Å². The van der Waals surface area contributed by atoms with Crippen LogP contribution in [0.1, 0.15) is 109 Å². The second kappa shape index (κ2) is 31.5. The lowest BCUT2D eigenvalue weighted by molar-refractivity contribution is -0.158. The van der Waals surface area contributed by atoms with Crippen molar-refractivity contribution in [2.75, 3.05) is 82.8 Å². The average Bonchev–Trinajstić information content (AvgIpc) is 1.57. The molecule has 8 N–H and O–H groups in total. The number of primary amides is 1. The normalized spacial score (nSPS) is 25.2. The molecule has 10 atom stereocenters. The van der Waals surface area contributed by atoms with Crippen LogP contribution < -0.4 is 46.9 Å². The van der Waals surface area contributed by atoms with E-state index in [1.54, 1.807) is 58.0 Å². The average molecular weight is 1300 g/mol. The highest BCUT2D eigenvalue weighted by Crippen LogP contribution is 2.49. The number of nitrogens with one attached hydrogen (secondary N) is 5. The summed E-state index contributed by atoms with van der Waals surface area (Å²) < 4.78 is 35.4. The van der Waals surface area contributed by atoms with Crippen LogP contribution in [0.3, 0.4) is 0 Å². The molecular formula is C64H87ClN10O17. The minimum atomic E-state index is -1.93. The van der Waals surface area contributed by atoms with E-state index < -0.39 is 120 Å². The topological polar surface area (TPSA) is 349 Å². The number of alkyl carbamates (subject to hydrolysis) is 1. The predicted octanol–water partition coefficient (Wildman–Crippen LogP) is 4.16. The van der Waals surface area contributed by atoms with Gasteiger partial charge < -0.3 is 75.2 Å². The van der Waals surface area contributed by atoms with Crippen LogP contribution in [0.5, 0.6) is 5.75 Å². The standard InChI is InChI=1S/C64H87ClN10O17/c1-36(2)55(70-50(76)19-12-11-13-25-75-51(77)22-23-52(75)78)58(81)69-43(17-15-24-67-61(66)84)57(80)68-42-21-20-41(33-44(42)74-26-28-89-29-27-74)59(82)72(7)39(5)60(83)91-49-34-53(79)73(8)45-31-40(32-46(87-9)54(45)65)30-37(3)16-14-18-48(88-10)64(86)35-47(90-62(85)71-64)38(4)56-63(49,6)92-56/h14,16,18,20-23,31-33,36,38-39,43,47-49,55-56,86H,11-13,15,17,19,24-30,34-35H2,1-10H3,(H,68,80)(H,69,81)(H,70,76)(H,71,85)(H3,66,67,84)/b18-14+,37-16+/t38-,39+,43+,47+,48-,49+,55+,56+,63+,64+/m1/s1. The van der Waals surface area contributed by atoms with Crippen molar-refractivity contribution in [2.24, 2.45) is 17.6 Å². The summed E-state index contributed by atoms with van der Waals surface area (Å²) in [5.74, 6) is -5.32. The van der Waals surface area contributed by atoms with Crippen LogP contribution in [-0.2, 0) is 63.7 Å². The van der Waals surface area contributed by atoms with E-state index in [2.05, 4.69) is 26.6 Å². The van der Waals surface area contributed by atoms with Crippen LogP contribution in [0, 0.1) is 11.8 Å². The number of likely N-dealkylation sites (N-methyl/N-ethyl adjacent to an activating group) is 1. The first-order valence-corrected chi connectivity index (χ1v) is 31.3. The molecule has 0 saturated carbocycles. The van der Waals surface area contributed by atoms with E-state index in [0.29, 0.717) is 69.1 Å². The lowest BCUT2D eigenvalue weighted by atomic mass is 9.83. The Morgan fingerprint density at radius 3 is 2.32 bits per heavy atom. The molecule has 10 amide bonds. The fourth-order valence-electron chi connectivity index (χ4n) is 11.7. The molecule has 28 heteroatoms. The first-order valence-electron chi connectivity index (χ1n) is 30.9. The van der Waals surface area contributed by atoms with Crippen molar-refractivity contribution in [3.63, 3.8) is 0 Å². The van der Waals surface area contributed by atoms with Gasteiger partial charge in [-0.1, -0.05) is 62.6 Å². The Bertz CT molecular complexity index is 3190. The Morgan fingerprint density at radius 2 is 1.65 bits per heavy atom. The van der Waals surface area contributed by atoms with Gasteiger partial charge in [0.1, 0.15) is 52.8 Å². The highest BCUT2D eigenvalue weighted by atomic mass is 35.5. The molecule has 0 radical (unpaired) electrons. The number of nitrogens with two attached hydrogens (primary N) is 1. The van der Waals surface area contributed by atoms with Gasteiger partial charge in [0.25, 0.3) is 17.7 Å². The number of morpholine rings is 1. The van der Waals surface area contributed by atoms with Crippen molar-refractivity contribution < 1.29 is 81.5 Å². The highest BCUT2D eigenvalue weighted by molar-refractivity contribution is 6.35. The Labute approximate surface area is 540 Å². The number of fused-ring (bicyclic) bond motifs is 5. The zero-order valence-electron chi connectivity index (χ0n) is 53.8. The predicted molar refractivity (Wildman–Crippen MR) is 338 cm³/mol. The Kier molecular flexibility index (Phi) is 24.4. The Hall–Kier alpha value is -8.11. The molecule has 92 heavy (non-hydrogen) atoms. The van der Waals surface area contributed by atoms with Crippen LogP contribution in [-0.4, -0.2) is 196 Å². The molecule has 3 saturated heterocycles. The lowest BCUT2D eigenvalue weighted by Gasteiger charge is -2.42. The molecule has 502 valence electrons. The summed E-state index contributed by atoms with van der Waals surface area (Å²) in [5.41, 5.74) is 4.70. The lowest BCUT2D eigenvalue weighted by Crippen LogP contribution is -2.63. The summed E-state index contributed by atoms with van der Waals surface area (Å²) in [4.78, 5) is 140. The number of nitrogens with zero attached hydrogens (tertiary/aromatic N) is 4. The van der Waals surface area contributed by atoms with Gasteiger partial charge in [0.05, 0.1) is 49.9 Å². The number of hydrogen-bond acceptors (Lipinski definition) is 18. The van der Waals surface area contributed by atoms with Gasteiger partial charge in [0, 0.05) is 83.9 Å². The smallest absolute Gasteiger partial charge is 0.409 e. The zero-order valence-corrected chi connectivity index (χ0v) is 54.6. The van der Waals surface area contributed by atoms with Crippen molar-refractivity contribution in [3.05, 3.63) is 82.4 Å². The van der Waals surface area contributed by atoms with Gasteiger partial charge in [0.2, 0.25) is 23.6 Å². The summed E-state index contributed by atoms with van der Waals surface area (Å²) in [6.45, 7) is 11.9. The van der Waals surface area contributed by atoms with E-state index in [9.17, 15) is 53.1 Å². The molecule has 4 bridgehead atoms. The number of carbonyl (C=O) groups is 10. The van der Waals surface area contributed by atoms with Crippen molar-refractivity contribution in [1.29, 1.82) is 0 Å². The molecule has 0 aliphatic carbocycles. The number of carbonyl (C=O) groups excluding carboxylic acids is 10. The number of halogens is 1. The number of amides is 10. The number of imide groups is 1. The van der Waals surface area contributed by atoms with Gasteiger partial charge >= 0.3 is 18.1 Å². The van der Waals surface area contributed by atoms with Crippen LogP contribution in [0.4, 0.5) is 26.7 Å². The third-order valence-corrected chi connectivity index (χ3v) is 17.7. The van der Waals surface area contributed by atoms with E-state index in [4.69, 9.17) is 45.8 Å². The van der Waals surface area contributed by atoms with Crippen LogP contribution >= 0.6 is 11.6 Å². The number of aliphatic hydroxyl groups is 1. The summed E-state index contributed by atoms with van der Waals surface area (Å²) in [6.07, 6.45) is 4.08. The molecule has 0 unspecified atom stereocenters. The number of unbranched alkanes of at least 4 members (excludes halogenated alkanes) is 2. The minimum absolute atomic E-state index is 0.0214. The summed E-state index contributed by atoms with van der Waals surface area (Å²) in [6, 6.07) is 3.71. The maximum absolute atomic E-state index is 14.7. The second-order valence-electron chi connectivity index (χ2n) is 24.4. The van der Waals surface area contributed by atoms with Gasteiger partial charge in [-0.2, -0.15) is 0 Å². The maximum Gasteiger partial charge on any atom is 0.409 e. The van der Waals surface area contributed by atoms with E-state index in [0.717, 1.165) is 16.0 Å². The van der Waals surface area contributed by atoms with Gasteiger partial charge in [-0.05, 0) is 94.7 Å². The van der Waals surface area contributed by atoms with E-state index in [1.165, 1.54) is 69.3 Å². The minimum Gasteiger partial charge on any atom is -0.495 e. The number of benzene rings is 2. The fraction of sp³-hybridized carbons (Fsp3) is 0.562. The molecule has 5 aliphatic heterocycles. The van der Waals surface area contributed by atoms with Gasteiger partial charge in [-0.15, -0.1) is 0 Å². The van der Waals surface area contributed by atoms with Crippen molar-refractivity contribution in [1.82, 2.24) is 31.1 Å². The van der Waals surface area contributed by atoms with Gasteiger partial charge in [0.15, 0.2) is 5.72 Å². The molecule has 5 aliphatic rings. The van der Waals surface area contributed by atoms with Gasteiger partial charge in [-0.25, -0.2) is 14.4 Å². The fourth-order valence-corrected chi connectivity index (χ4v) is 12.0. The molecular weight excluding hydrogens is 1220 g/mol. The maximum atomic E-state index is 14.7. The Balaban J connectivity index is 1.10. The first kappa shape index (κ1) is 71.3. The summed E-state index contributed by atoms with van der Waals surface area (Å²) in [5, 5.41) is 25.6. The Morgan fingerprint density at radius 1 is 0.946 bits per heavy atom. The van der Waals surface area contributed by atoms with Crippen LogP contribution in [0.25, 0.3) is 0 Å². The van der Waals surface area contributed by atoms with Crippen LogP contribution in [0.2, 0.25) is 5.02 Å². The van der Waals surface area contributed by atoms with Crippen molar-refractivity contribution >= 4 is 88.1 Å². The zero-order chi connectivity index (χ0) is 67.4. The number of hydrogen-bond donors (Lipinski definition) is 7. The number of esters is 1. The quantitative estimate of drug-likeness (QED) is 0.0355. The molecule has 0 spiro atoms. The number of ether oxygens (including phenoxy) is 6. The number of allylic oxidation sites excluding steroid dienone is 3. The largest absolute Gasteiger partial charge is 0.495 e. The summed E-state index contributed by atoms with van der Waals surface area (Å²) >= 11 is 6.89. The molecule has 0 aromatic heterocycles. The number of urea groups is 1. The third kappa shape index (κ3) is 17.7. The molecule has 27 nitrogen and oxygen atoms in total. The van der Waals surface area contributed by atoms with Crippen molar-refractivity contribution in [2.45, 2.75) is 153 Å². The van der Waals surface area contributed by atoms with E-state index in [1.807, 2.05) is 17.9 Å². The SMILES string of the molecule is COc1cc2cc(c1Cl)N(C)C(=O)C[C@H](OC(=O)[C@H](C)N(C)C(=O)c1ccc(NC(=O)[C@H](CCCNC(N)=O)NC(=O)[C@@H](NC(=O)CCCCCN3C(=O)C=CC3=O)C(C)C)c(N3CCOCC3)c1)[C@]1(C)O[C@H]1[C@H](C)[C@@H]1C[C@@](O)(NC(=O)O1)[C@H](OC)/C=C/C=C(\C)C2.